The SMILES string of the molecule is CCOc1cc(C(c2c(C)[nH][nH]c2=O)c2c(C)[nH][nH]c2=O)ccc1OCc1cccc(C)c1. The number of hydrogen-bond acceptors (Lipinski definition) is 4. The first kappa shape index (κ1) is 22.3. The van der Waals surface area contributed by atoms with Gasteiger partial charge in [0.25, 0.3) is 11.1 Å². The van der Waals surface area contributed by atoms with Gasteiger partial charge in [0, 0.05) is 17.3 Å². The lowest BCUT2D eigenvalue weighted by molar-refractivity contribution is 0.269. The first-order chi connectivity index (χ1) is 15.9. The lowest BCUT2D eigenvalue weighted by Crippen LogP contribution is -2.20. The largest absolute Gasteiger partial charge is 0.490 e. The quantitative estimate of drug-likeness (QED) is 0.328. The van der Waals surface area contributed by atoms with E-state index in [1.54, 1.807) is 13.8 Å². The van der Waals surface area contributed by atoms with Crippen LogP contribution in [0.15, 0.2) is 52.1 Å². The number of aromatic nitrogens is 4. The fourth-order valence-electron chi connectivity index (χ4n) is 4.14. The molecule has 4 N–H and O–H groups in total. The topological polar surface area (TPSA) is 116 Å². The maximum absolute atomic E-state index is 12.7. The summed E-state index contributed by atoms with van der Waals surface area (Å²) in [5.74, 6) is 0.571. The number of ether oxygens (including phenoxy) is 2. The van der Waals surface area contributed by atoms with E-state index in [1.807, 2.05) is 50.2 Å². The van der Waals surface area contributed by atoms with Crippen LogP contribution < -0.4 is 20.6 Å². The molecule has 0 fully saturated rings. The Labute approximate surface area is 191 Å². The van der Waals surface area contributed by atoms with Gasteiger partial charge < -0.3 is 19.7 Å². The lowest BCUT2D eigenvalue weighted by Gasteiger charge is -2.19. The summed E-state index contributed by atoms with van der Waals surface area (Å²) in [5, 5.41) is 11.0. The third-order valence-electron chi connectivity index (χ3n) is 5.68. The Balaban J connectivity index is 1.77. The third-order valence-corrected chi connectivity index (χ3v) is 5.68. The van der Waals surface area contributed by atoms with Crippen LogP contribution in [0.4, 0.5) is 0 Å². The van der Waals surface area contributed by atoms with Crippen LogP contribution in [0.5, 0.6) is 11.5 Å². The molecule has 0 spiro atoms. The Morgan fingerprint density at radius 2 is 1.45 bits per heavy atom. The number of nitrogens with one attached hydrogen (secondary N) is 4. The van der Waals surface area contributed by atoms with Crippen LogP contribution in [0.3, 0.4) is 0 Å². The standard InChI is InChI=1S/C25H28N4O4/c1-5-32-20-12-18(9-10-19(20)33-13-17-8-6-7-14(2)11-17)23(21-15(3)26-28-24(21)30)22-16(4)27-29-25(22)31/h6-12,23H,5,13H2,1-4H3,(H2,26,28,30)(H2,27,29,31). The van der Waals surface area contributed by atoms with Gasteiger partial charge in [-0.05, 0) is 51.0 Å². The predicted molar refractivity (Wildman–Crippen MR) is 126 cm³/mol. The van der Waals surface area contributed by atoms with Crippen molar-refractivity contribution in [1.29, 1.82) is 0 Å². The number of rotatable bonds is 8. The molecule has 0 unspecified atom stereocenters. The monoisotopic (exact) mass is 448 g/mol. The molecule has 0 aliphatic heterocycles. The number of benzene rings is 2. The van der Waals surface area contributed by atoms with Gasteiger partial charge in [-0.1, -0.05) is 35.9 Å². The van der Waals surface area contributed by atoms with Crippen LogP contribution in [0.25, 0.3) is 0 Å². The number of aryl methyl sites for hydroxylation is 3. The molecule has 0 bridgehead atoms. The van der Waals surface area contributed by atoms with E-state index in [-0.39, 0.29) is 11.1 Å². The predicted octanol–water partition coefficient (Wildman–Crippen LogP) is 3.80. The average molecular weight is 449 g/mol. The molecule has 0 saturated carbocycles. The molecule has 2 heterocycles. The molecule has 2 aromatic heterocycles. The van der Waals surface area contributed by atoms with Crippen molar-refractivity contribution in [3.63, 3.8) is 0 Å². The highest BCUT2D eigenvalue weighted by molar-refractivity contribution is 5.51. The third kappa shape index (κ3) is 4.50. The van der Waals surface area contributed by atoms with Gasteiger partial charge in [-0.2, -0.15) is 0 Å². The normalized spacial score (nSPS) is 11.2. The second kappa shape index (κ2) is 9.28. The Bertz CT molecular complexity index is 1320. The van der Waals surface area contributed by atoms with Crippen molar-refractivity contribution in [2.75, 3.05) is 6.61 Å². The van der Waals surface area contributed by atoms with E-state index in [0.717, 1.165) is 11.1 Å². The highest BCUT2D eigenvalue weighted by Crippen LogP contribution is 2.37. The maximum Gasteiger partial charge on any atom is 0.268 e. The zero-order valence-electron chi connectivity index (χ0n) is 19.2. The van der Waals surface area contributed by atoms with Gasteiger partial charge in [-0.15, -0.1) is 0 Å². The van der Waals surface area contributed by atoms with Gasteiger partial charge >= 0.3 is 0 Å². The molecule has 33 heavy (non-hydrogen) atoms. The fourth-order valence-corrected chi connectivity index (χ4v) is 4.14. The van der Waals surface area contributed by atoms with Gasteiger partial charge in [0.1, 0.15) is 6.61 Å². The Kier molecular flexibility index (Phi) is 6.26. The van der Waals surface area contributed by atoms with Gasteiger partial charge in [0.05, 0.1) is 17.7 Å². The van der Waals surface area contributed by atoms with Crippen LogP contribution >= 0.6 is 0 Å². The molecule has 4 aromatic rings. The minimum absolute atomic E-state index is 0.268. The molecule has 8 heteroatoms. The Hall–Kier alpha value is -3.94. The lowest BCUT2D eigenvalue weighted by atomic mass is 9.85. The zero-order valence-corrected chi connectivity index (χ0v) is 19.2. The molecule has 172 valence electrons. The fraction of sp³-hybridized carbons (Fsp3) is 0.280. The van der Waals surface area contributed by atoms with Crippen molar-refractivity contribution in [3.05, 3.63) is 102 Å². The summed E-state index contributed by atoms with van der Waals surface area (Å²) in [7, 11) is 0. The highest BCUT2D eigenvalue weighted by atomic mass is 16.5. The van der Waals surface area contributed by atoms with Crippen molar-refractivity contribution >= 4 is 0 Å². The van der Waals surface area contributed by atoms with Gasteiger partial charge in [0.2, 0.25) is 0 Å². The Morgan fingerprint density at radius 3 is 2.00 bits per heavy atom. The zero-order chi connectivity index (χ0) is 23.5. The van der Waals surface area contributed by atoms with E-state index in [1.165, 1.54) is 5.56 Å². The van der Waals surface area contributed by atoms with Crippen LogP contribution in [-0.2, 0) is 6.61 Å². The van der Waals surface area contributed by atoms with Crippen LogP contribution in [-0.4, -0.2) is 27.0 Å². The van der Waals surface area contributed by atoms with Crippen molar-refractivity contribution in [2.24, 2.45) is 0 Å². The minimum Gasteiger partial charge on any atom is -0.490 e. The van der Waals surface area contributed by atoms with Crippen LogP contribution in [0.1, 0.15) is 52.0 Å². The number of H-pyrrole nitrogens is 4. The molecule has 0 aliphatic carbocycles. The molecule has 2 aromatic carbocycles. The van der Waals surface area contributed by atoms with Gasteiger partial charge in [0.15, 0.2) is 11.5 Å². The summed E-state index contributed by atoms with van der Waals surface area (Å²) in [5.41, 5.74) is 4.75. The van der Waals surface area contributed by atoms with Crippen molar-refractivity contribution < 1.29 is 9.47 Å². The highest BCUT2D eigenvalue weighted by Gasteiger charge is 2.29. The molecule has 0 saturated heterocycles. The second-order valence-electron chi connectivity index (χ2n) is 8.09. The van der Waals surface area contributed by atoms with Gasteiger partial charge in [-0.25, -0.2) is 0 Å². The molecular weight excluding hydrogens is 420 g/mol. The van der Waals surface area contributed by atoms with E-state index in [2.05, 4.69) is 26.5 Å². The van der Waals surface area contributed by atoms with Gasteiger partial charge in [-0.3, -0.25) is 19.8 Å². The number of aromatic amines is 4. The molecule has 0 atom stereocenters. The summed E-state index contributed by atoms with van der Waals surface area (Å²) in [6, 6.07) is 13.7. The van der Waals surface area contributed by atoms with Crippen molar-refractivity contribution in [3.8, 4) is 11.5 Å². The molecule has 0 amide bonds. The average Bonchev–Trinajstić information content (AvgIpc) is 3.30. The maximum atomic E-state index is 12.7. The minimum atomic E-state index is -0.583. The van der Waals surface area contributed by atoms with E-state index in [4.69, 9.17) is 9.47 Å². The summed E-state index contributed by atoms with van der Waals surface area (Å²) < 4.78 is 12.0. The van der Waals surface area contributed by atoms with Crippen molar-refractivity contribution in [2.45, 2.75) is 40.2 Å². The summed E-state index contributed by atoms with van der Waals surface area (Å²) >= 11 is 0. The van der Waals surface area contributed by atoms with Crippen LogP contribution in [0.2, 0.25) is 0 Å². The molecule has 4 rings (SSSR count). The molecular formula is C25H28N4O4. The van der Waals surface area contributed by atoms with Crippen LogP contribution in [0, 0.1) is 20.8 Å². The molecule has 8 nitrogen and oxygen atoms in total. The Morgan fingerprint density at radius 1 is 0.788 bits per heavy atom. The number of hydrogen-bond donors (Lipinski definition) is 4. The van der Waals surface area contributed by atoms with E-state index < -0.39 is 5.92 Å². The van der Waals surface area contributed by atoms with E-state index in [0.29, 0.717) is 47.2 Å². The molecule has 0 aliphatic rings. The molecule has 0 radical (unpaired) electrons. The van der Waals surface area contributed by atoms with E-state index >= 15 is 0 Å². The smallest absolute Gasteiger partial charge is 0.268 e. The van der Waals surface area contributed by atoms with Crippen molar-refractivity contribution in [1.82, 2.24) is 20.4 Å². The summed E-state index contributed by atoms with van der Waals surface area (Å²) in [4.78, 5) is 25.3. The summed E-state index contributed by atoms with van der Waals surface area (Å²) in [6.07, 6.45) is 0. The van der Waals surface area contributed by atoms with E-state index in [9.17, 15) is 9.59 Å². The first-order valence-electron chi connectivity index (χ1n) is 10.9. The first-order valence-corrected chi connectivity index (χ1v) is 10.9. The second-order valence-corrected chi connectivity index (χ2v) is 8.09. The summed E-state index contributed by atoms with van der Waals surface area (Å²) in [6.45, 7) is 8.40.